The van der Waals surface area contributed by atoms with Crippen LogP contribution in [0.5, 0.6) is 17.2 Å². The van der Waals surface area contributed by atoms with E-state index in [2.05, 4.69) is 0 Å². The molecule has 0 amide bonds. The lowest BCUT2D eigenvalue weighted by Crippen LogP contribution is -1.97. The molecular weight excluding hydrogens is 236 g/mol. The lowest BCUT2D eigenvalue weighted by Gasteiger charge is -2.11. The molecule has 0 radical (unpaired) electrons. The van der Waals surface area contributed by atoms with Crippen molar-refractivity contribution in [3.63, 3.8) is 0 Å². The smallest absolute Gasteiger partial charge is 0.339 e. The Morgan fingerprint density at radius 1 is 1.11 bits per heavy atom. The van der Waals surface area contributed by atoms with Gasteiger partial charge in [-0.25, -0.2) is 4.79 Å². The first kappa shape index (κ1) is 12.0. The highest BCUT2D eigenvalue weighted by Gasteiger charge is 2.15. The Morgan fingerprint density at radius 2 is 1.72 bits per heavy atom. The van der Waals surface area contributed by atoms with Gasteiger partial charge in [0.1, 0.15) is 11.3 Å². The van der Waals surface area contributed by atoms with E-state index in [0.717, 1.165) is 0 Å². The number of rotatable bonds is 3. The van der Waals surface area contributed by atoms with Crippen molar-refractivity contribution < 1.29 is 24.5 Å². The van der Waals surface area contributed by atoms with E-state index in [1.807, 2.05) is 0 Å². The van der Waals surface area contributed by atoms with Gasteiger partial charge in [-0.15, -0.1) is 0 Å². The second-order valence-corrected chi connectivity index (χ2v) is 3.70. The molecule has 0 bridgehead atoms. The highest BCUT2D eigenvalue weighted by Crippen LogP contribution is 2.37. The number of aromatic hydroxyl groups is 1. The molecule has 94 valence electrons. The number of aromatic carboxylic acids is 1. The van der Waals surface area contributed by atoms with Crippen LogP contribution < -0.4 is 9.47 Å². The fraction of sp³-hybridized carbons (Fsp3) is 0.154. The molecule has 0 atom stereocenters. The molecule has 2 aromatic rings. The van der Waals surface area contributed by atoms with Gasteiger partial charge < -0.3 is 19.7 Å². The third-order valence-electron chi connectivity index (χ3n) is 2.73. The second kappa shape index (κ2) is 4.44. The molecule has 2 aromatic carbocycles. The molecule has 0 aliphatic rings. The lowest BCUT2D eigenvalue weighted by atomic mass is 10.0. The summed E-state index contributed by atoms with van der Waals surface area (Å²) in [6.07, 6.45) is 0. The average Bonchev–Trinajstić information content (AvgIpc) is 2.37. The van der Waals surface area contributed by atoms with E-state index in [1.54, 1.807) is 18.2 Å². The first-order chi connectivity index (χ1) is 8.58. The monoisotopic (exact) mass is 248 g/mol. The molecule has 0 aliphatic heterocycles. The first-order valence-electron chi connectivity index (χ1n) is 5.19. The summed E-state index contributed by atoms with van der Waals surface area (Å²) in [6.45, 7) is 0. The zero-order chi connectivity index (χ0) is 13.3. The molecule has 0 heterocycles. The number of ether oxygens (including phenoxy) is 2. The van der Waals surface area contributed by atoms with Crippen LogP contribution in [-0.2, 0) is 0 Å². The van der Waals surface area contributed by atoms with Gasteiger partial charge >= 0.3 is 5.97 Å². The number of carboxylic acid groups (broad SMARTS) is 1. The van der Waals surface area contributed by atoms with Crippen molar-refractivity contribution >= 4 is 16.7 Å². The quantitative estimate of drug-likeness (QED) is 0.871. The van der Waals surface area contributed by atoms with Gasteiger partial charge in [-0.1, -0.05) is 6.07 Å². The van der Waals surface area contributed by atoms with Crippen LogP contribution in [0.15, 0.2) is 24.3 Å². The summed E-state index contributed by atoms with van der Waals surface area (Å²) < 4.78 is 10.3. The van der Waals surface area contributed by atoms with E-state index in [0.29, 0.717) is 22.3 Å². The summed E-state index contributed by atoms with van der Waals surface area (Å²) >= 11 is 0. The number of benzene rings is 2. The number of hydrogen-bond acceptors (Lipinski definition) is 4. The van der Waals surface area contributed by atoms with Crippen LogP contribution in [0.25, 0.3) is 10.8 Å². The molecule has 0 aromatic heterocycles. The molecule has 0 fully saturated rings. The van der Waals surface area contributed by atoms with Crippen LogP contribution >= 0.6 is 0 Å². The topological polar surface area (TPSA) is 76.0 Å². The van der Waals surface area contributed by atoms with Gasteiger partial charge in [-0.2, -0.15) is 0 Å². The van der Waals surface area contributed by atoms with Gasteiger partial charge in [0.05, 0.1) is 14.2 Å². The maximum atomic E-state index is 10.9. The van der Waals surface area contributed by atoms with E-state index >= 15 is 0 Å². The maximum Gasteiger partial charge on any atom is 0.339 e. The molecule has 0 aliphatic carbocycles. The molecule has 5 nitrogen and oxygen atoms in total. The molecule has 0 saturated heterocycles. The summed E-state index contributed by atoms with van der Waals surface area (Å²) in [5.74, 6) is -0.500. The number of carboxylic acids is 1. The predicted molar refractivity (Wildman–Crippen MR) is 65.7 cm³/mol. The minimum Gasteiger partial charge on any atom is -0.506 e. The van der Waals surface area contributed by atoms with Gasteiger partial charge in [-0.05, 0) is 23.6 Å². The fourth-order valence-corrected chi connectivity index (χ4v) is 1.81. The Balaban J connectivity index is 2.77. The van der Waals surface area contributed by atoms with Gasteiger partial charge in [-0.3, -0.25) is 0 Å². The van der Waals surface area contributed by atoms with Crippen LogP contribution in [0.2, 0.25) is 0 Å². The van der Waals surface area contributed by atoms with Crippen molar-refractivity contribution in [3.8, 4) is 17.2 Å². The number of carbonyl (C=O) groups is 1. The largest absolute Gasteiger partial charge is 0.506 e. The van der Waals surface area contributed by atoms with Crippen LogP contribution in [0.3, 0.4) is 0 Å². The molecule has 5 heteroatoms. The van der Waals surface area contributed by atoms with Crippen LogP contribution in [0, 0.1) is 0 Å². The minimum absolute atomic E-state index is 0.144. The molecular formula is C13H12O5. The van der Waals surface area contributed by atoms with E-state index < -0.39 is 5.97 Å². The molecule has 0 saturated carbocycles. The van der Waals surface area contributed by atoms with Crippen molar-refractivity contribution in [1.82, 2.24) is 0 Å². The van der Waals surface area contributed by atoms with Gasteiger partial charge in [0, 0.05) is 5.39 Å². The zero-order valence-corrected chi connectivity index (χ0v) is 9.93. The lowest BCUT2D eigenvalue weighted by molar-refractivity contribution is 0.0694. The summed E-state index contributed by atoms with van der Waals surface area (Å²) in [5.41, 5.74) is -0.144. The maximum absolute atomic E-state index is 10.9. The fourth-order valence-electron chi connectivity index (χ4n) is 1.81. The molecule has 18 heavy (non-hydrogen) atoms. The highest BCUT2D eigenvalue weighted by molar-refractivity contribution is 6.01. The van der Waals surface area contributed by atoms with E-state index in [9.17, 15) is 9.90 Å². The van der Waals surface area contributed by atoms with E-state index in [1.165, 1.54) is 20.3 Å². The van der Waals surface area contributed by atoms with Crippen LogP contribution in [0.4, 0.5) is 0 Å². The van der Waals surface area contributed by atoms with Crippen LogP contribution in [0.1, 0.15) is 10.4 Å². The normalized spacial score (nSPS) is 10.3. The first-order valence-corrected chi connectivity index (χ1v) is 5.19. The van der Waals surface area contributed by atoms with Crippen molar-refractivity contribution in [3.05, 3.63) is 29.8 Å². The average molecular weight is 248 g/mol. The van der Waals surface area contributed by atoms with Gasteiger partial charge in [0.15, 0.2) is 11.5 Å². The number of methoxy groups -OCH3 is 2. The SMILES string of the molecule is COc1cc2ccc(C(=O)O)c(O)c2cc1OC. The Kier molecular flexibility index (Phi) is 2.97. The van der Waals surface area contributed by atoms with Crippen molar-refractivity contribution in [2.75, 3.05) is 14.2 Å². The Labute approximate surface area is 103 Å². The van der Waals surface area contributed by atoms with Gasteiger partial charge in [0.2, 0.25) is 0 Å². The number of hydrogen-bond donors (Lipinski definition) is 2. The molecule has 2 N–H and O–H groups in total. The van der Waals surface area contributed by atoms with Crippen molar-refractivity contribution in [2.24, 2.45) is 0 Å². The molecule has 2 rings (SSSR count). The highest BCUT2D eigenvalue weighted by atomic mass is 16.5. The number of fused-ring (bicyclic) bond motifs is 1. The van der Waals surface area contributed by atoms with Gasteiger partial charge in [0.25, 0.3) is 0 Å². The zero-order valence-electron chi connectivity index (χ0n) is 9.93. The third kappa shape index (κ3) is 1.79. The Bertz CT molecular complexity index is 618. The summed E-state index contributed by atoms with van der Waals surface area (Å²) in [5, 5.41) is 19.9. The summed E-state index contributed by atoms with van der Waals surface area (Å²) in [7, 11) is 2.98. The standard InChI is InChI=1S/C13H12O5/c1-17-10-5-7-3-4-8(13(15)16)12(14)9(7)6-11(10)18-2/h3-6,14H,1-2H3,(H,15,16). The van der Waals surface area contributed by atoms with E-state index in [4.69, 9.17) is 14.6 Å². The predicted octanol–water partition coefficient (Wildman–Crippen LogP) is 2.26. The van der Waals surface area contributed by atoms with Crippen LogP contribution in [-0.4, -0.2) is 30.4 Å². The Morgan fingerprint density at radius 3 is 2.28 bits per heavy atom. The molecule has 0 unspecified atom stereocenters. The third-order valence-corrected chi connectivity index (χ3v) is 2.73. The van der Waals surface area contributed by atoms with Crippen molar-refractivity contribution in [2.45, 2.75) is 0 Å². The summed E-state index contributed by atoms with van der Waals surface area (Å²) in [4.78, 5) is 10.9. The van der Waals surface area contributed by atoms with E-state index in [-0.39, 0.29) is 11.3 Å². The van der Waals surface area contributed by atoms with Crippen molar-refractivity contribution in [1.29, 1.82) is 0 Å². The minimum atomic E-state index is -1.18. The summed E-state index contributed by atoms with van der Waals surface area (Å²) in [6, 6.07) is 6.20. The molecule has 0 spiro atoms. The second-order valence-electron chi connectivity index (χ2n) is 3.70. The number of phenols is 1. The Hall–Kier alpha value is -2.43.